The molecule has 1 saturated heterocycles. The molecular weight excluding hydrogens is 418 g/mol. The molecule has 168 valence electrons. The van der Waals surface area contributed by atoms with Gasteiger partial charge in [-0.15, -0.1) is 0 Å². The van der Waals surface area contributed by atoms with Gasteiger partial charge in [-0.1, -0.05) is 24.3 Å². The third-order valence-electron chi connectivity index (χ3n) is 5.54. The highest BCUT2D eigenvalue weighted by Crippen LogP contribution is 2.28. The Hall–Kier alpha value is -4.13. The number of carbonyl (C=O) groups is 3. The number of carbonyl (C=O) groups excluding carboxylic acids is 3. The molecule has 3 aromatic rings. The topological polar surface area (TPSA) is 91.7 Å². The summed E-state index contributed by atoms with van der Waals surface area (Å²) in [5, 5.41) is 5.54. The molecule has 7 heteroatoms. The third-order valence-corrected chi connectivity index (χ3v) is 5.54. The number of nitrogens with zero attached hydrogens (tertiary/aromatic N) is 1. The lowest BCUT2D eigenvalue weighted by Gasteiger charge is -2.20. The van der Waals surface area contributed by atoms with Crippen molar-refractivity contribution in [3.05, 3.63) is 89.0 Å². The number of anilines is 2. The van der Waals surface area contributed by atoms with E-state index in [2.05, 4.69) is 10.6 Å². The van der Waals surface area contributed by atoms with Crippen LogP contribution < -0.4 is 15.5 Å². The lowest BCUT2D eigenvalue weighted by molar-refractivity contribution is -0.117. The molecule has 2 aromatic carbocycles. The highest BCUT2D eigenvalue weighted by atomic mass is 16.3. The van der Waals surface area contributed by atoms with Crippen molar-refractivity contribution in [2.45, 2.75) is 26.7 Å². The molecule has 0 atom stereocenters. The minimum Gasteiger partial charge on any atom is -0.465 e. The summed E-state index contributed by atoms with van der Waals surface area (Å²) in [7, 11) is 0. The second-order valence-electron chi connectivity index (χ2n) is 7.95. The van der Waals surface area contributed by atoms with Crippen LogP contribution in [0, 0.1) is 13.8 Å². The van der Waals surface area contributed by atoms with Crippen LogP contribution in [0.2, 0.25) is 0 Å². The largest absolute Gasteiger partial charge is 0.465 e. The van der Waals surface area contributed by atoms with E-state index in [0.717, 1.165) is 23.2 Å². The summed E-state index contributed by atoms with van der Waals surface area (Å²) in [4.78, 5) is 40.0. The smallest absolute Gasteiger partial charge is 0.272 e. The molecule has 7 nitrogen and oxygen atoms in total. The maximum atomic E-state index is 13.2. The molecule has 2 N–H and O–H groups in total. The van der Waals surface area contributed by atoms with Crippen LogP contribution in [0.5, 0.6) is 0 Å². The standard InChI is InChI=1S/C26H25N3O4/c1-17-7-3-4-9-21(17)25(31)28-22(16-20-8-6-14-33-20)26(32)27-19-12-11-18(2)23(15-19)29-13-5-10-24(29)30/h3-4,6-9,11-12,14-16H,5,10,13H2,1-2H3,(H,27,32)(H,28,31)/b22-16-. The molecule has 1 aromatic heterocycles. The maximum Gasteiger partial charge on any atom is 0.272 e. The highest BCUT2D eigenvalue weighted by molar-refractivity contribution is 6.11. The van der Waals surface area contributed by atoms with E-state index >= 15 is 0 Å². The van der Waals surface area contributed by atoms with Gasteiger partial charge in [-0.25, -0.2) is 0 Å². The number of hydrogen-bond donors (Lipinski definition) is 2. The molecule has 0 saturated carbocycles. The van der Waals surface area contributed by atoms with Crippen molar-refractivity contribution in [2.75, 3.05) is 16.8 Å². The Morgan fingerprint density at radius 1 is 1.03 bits per heavy atom. The fraction of sp³-hybridized carbons (Fsp3) is 0.192. The molecule has 1 fully saturated rings. The SMILES string of the molecule is Cc1ccccc1C(=O)N/C(=C\c1ccco1)C(=O)Nc1ccc(C)c(N2CCCC2=O)c1. The summed E-state index contributed by atoms with van der Waals surface area (Å²) in [5.41, 5.74) is 3.55. The van der Waals surface area contributed by atoms with Crippen LogP contribution in [-0.4, -0.2) is 24.3 Å². The molecule has 33 heavy (non-hydrogen) atoms. The normalized spacial score (nSPS) is 13.8. The molecule has 4 rings (SSSR count). The van der Waals surface area contributed by atoms with E-state index in [4.69, 9.17) is 4.42 Å². The first-order chi connectivity index (χ1) is 15.9. The lowest BCUT2D eigenvalue weighted by atomic mass is 10.1. The van der Waals surface area contributed by atoms with Crippen molar-refractivity contribution in [1.82, 2.24) is 5.32 Å². The molecule has 0 aliphatic carbocycles. The summed E-state index contributed by atoms with van der Waals surface area (Å²) >= 11 is 0. The molecule has 1 aliphatic heterocycles. The van der Waals surface area contributed by atoms with Crippen molar-refractivity contribution < 1.29 is 18.8 Å². The maximum absolute atomic E-state index is 13.2. The third kappa shape index (κ3) is 5.03. The Labute approximate surface area is 192 Å². The van der Waals surface area contributed by atoms with Crippen LogP contribution in [0.25, 0.3) is 6.08 Å². The molecule has 3 amide bonds. The molecule has 0 bridgehead atoms. The van der Waals surface area contributed by atoms with Gasteiger partial charge < -0.3 is 20.0 Å². The predicted molar refractivity (Wildman–Crippen MR) is 127 cm³/mol. The second-order valence-corrected chi connectivity index (χ2v) is 7.95. The van der Waals surface area contributed by atoms with Crippen LogP contribution in [0.15, 0.2) is 71.0 Å². The van der Waals surface area contributed by atoms with E-state index in [1.807, 2.05) is 32.0 Å². The first-order valence-electron chi connectivity index (χ1n) is 10.8. The summed E-state index contributed by atoms with van der Waals surface area (Å²) in [6.45, 7) is 4.42. The monoisotopic (exact) mass is 443 g/mol. The van der Waals surface area contributed by atoms with Gasteiger partial charge in [-0.3, -0.25) is 14.4 Å². The van der Waals surface area contributed by atoms with Crippen molar-refractivity contribution in [3.8, 4) is 0 Å². The van der Waals surface area contributed by atoms with Crippen molar-refractivity contribution in [2.24, 2.45) is 0 Å². The van der Waals surface area contributed by atoms with Crippen LogP contribution in [-0.2, 0) is 9.59 Å². The van der Waals surface area contributed by atoms with Crippen molar-refractivity contribution in [1.29, 1.82) is 0 Å². The Balaban J connectivity index is 1.59. The summed E-state index contributed by atoms with van der Waals surface area (Å²) in [6, 6.07) is 15.9. The zero-order valence-electron chi connectivity index (χ0n) is 18.6. The van der Waals surface area contributed by atoms with Gasteiger partial charge in [-0.05, 0) is 61.7 Å². The van der Waals surface area contributed by atoms with Crippen LogP contribution in [0.4, 0.5) is 11.4 Å². The number of amides is 3. The van der Waals surface area contributed by atoms with E-state index in [1.165, 1.54) is 12.3 Å². The molecular formula is C26H25N3O4. The van der Waals surface area contributed by atoms with E-state index in [0.29, 0.717) is 30.0 Å². The molecule has 0 spiro atoms. The van der Waals surface area contributed by atoms with E-state index < -0.39 is 11.8 Å². The molecule has 1 aliphatic rings. The summed E-state index contributed by atoms with van der Waals surface area (Å²) < 4.78 is 5.34. The first kappa shape index (κ1) is 22.1. The van der Waals surface area contributed by atoms with Gasteiger partial charge in [0.05, 0.1) is 6.26 Å². The van der Waals surface area contributed by atoms with Crippen molar-refractivity contribution in [3.63, 3.8) is 0 Å². The number of benzene rings is 2. The fourth-order valence-corrected chi connectivity index (χ4v) is 3.77. The van der Waals surface area contributed by atoms with Crippen LogP contribution in [0.1, 0.15) is 40.1 Å². The average molecular weight is 444 g/mol. The Morgan fingerprint density at radius 3 is 2.55 bits per heavy atom. The van der Waals surface area contributed by atoms with Crippen LogP contribution >= 0.6 is 0 Å². The summed E-state index contributed by atoms with van der Waals surface area (Å²) in [5.74, 6) is -0.396. The Morgan fingerprint density at radius 2 is 1.85 bits per heavy atom. The molecule has 0 radical (unpaired) electrons. The van der Waals surface area contributed by atoms with E-state index in [9.17, 15) is 14.4 Å². The fourth-order valence-electron chi connectivity index (χ4n) is 3.77. The van der Waals surface area contributed by atoms with Gasteiger partial charge >= 0.3 is 0 Å². The number of furan rings is 1. The number of rotatable bonds is 6. The van der Waals surface area contributed by atoms with Gasteiger partial charge in [0.1, 0.15) is 11.5 Å². The van der Waals surface area contributed by atoms with Gasteiger partial charge in [0.25, 0.3) is 11.8 Å². The minimum atomic E-state index is -0.504. The van der Waals surface area contributed by atoms with Gasteiger partial charge in [0.2, 0.25) is 5.91 Å². The zero-order valence-corrected chi connectivity index (χ0v) is 18.6. The molecule has 2 heterocycles. The van der Waals surface area contributed by atoms with Crippen molar-refractivity contribution >= 4 is 35.2 Å². The minimum absolute atomic E-state index is 0.0394. The van der Waals surface area contributed by atoms with E-state index in [-0.39, 0.29) is 11.6 Å². The Kier molecular flexibility index (Phi) is 6.40. The quantitative estimate of drug-likeness (QED) is 0.551. The Bertz CT molecular complexity index is 1230. The number of aryl methyl sites for hydroxylation is 2. The van der Waals surface area contributed by atoms with Gasteiger partial charge in [0, 0.05) is 36.0 Å². The van der Waals surface area contributed by atoms with Gasteiger partial charge in [0.15, 0.2) is 0 Å². The average Bonchev–Trinajstić information content (AvgIpc) is 3.46. The van der Waals surface area contributed by atoms with Gasteiger partial charge in [-0.2, -0.15) is 0 Å². The predicted octanol–water partition coefficient (Wildman–Crippen LogP) is 4.43. The number of nitrogens with one attached hydrogen (secondary N) is 2. The first-order valence-corrected chi connectivity index (χ1v) is 10.8. The zero-order chi connectivity index (χ0) is 23.4. The lowest BCUT2D eigenvalue weighted by Crippen LogP contribution is -2.31. The summed E-state index contributed by atoms with van der Waals surface area (Å²) in [6.07, 6.45) is 4.31. The molecule has 0 unspecified atom stereocenters. The number of hydrogen-bond acceptors (Lipinski definition) is 4. The van der Waals surface area contributed by atoms with Crippen LogP contribution in [0.3, 0.4) is 0 Å². The van der Waals surface area contributed by atoms with E-state index in [1.54, 1.807) is 41.3 Å². The second kappa shape index (κ2) is 9.56. The highest BCUT2D eigenvalue weighted by Gasteiger charge is 2.24.